The smallest absolute Gasteiger partial charge is 0.258 e. The number of hydrogen-bond donors (Lipinski definition) is 1. The summed E-state index contributed by atoms with van der Waals surface area (Å²) in [5.41, 5.74) is 2.51. The van der Waals surface area contributed by atoms with Gasteiger partial charge in [0.05, 0.1) is 12.8 Å². The van der Waals surface area contributed by atoms with Crippen LogP contribution < -0.4 is 15.0 Å². The molecule has 0 radical (unpaired) electrons. The van der Waals surface area contributed by atoms with Crippen LogP contribution >= 0.6 is 0 Å². The molecule has 0 bridgehead atoms. The van der Waals surface area contributed by atoms with Crippen molar-refractivity contribution in [3.63, 3.8) is 0 Å². The third-order valence-electron chi connectivity index (χ3n) is 8.03. The van der Waals surface area contributed by atoms with Gasteiger partial charge in [-0.3, -0.25) is 14.4 Å². The predicted molar refractivity (Wildman–Crippen MR) is 153 cm³/mol. The van der Waals surface area contributed by atoms with E-state index in [1.165, 1.54) is 6.42 Å². The molecule has 1 N–H and O–H groups in total. The number of nitrogens with one attached hydrogen (secondary N) is 1. The summed E-state index contributed by atoms with van der Waals surface area (Å²) in [6.45, 7) is 2.55. The Balaban J connectivity index is 1.28. The number of rotatable bonds is 10. The summed E-state index contributed by atoms with van der Waals surface area (Å²) >= 11 is 0. The second-order valence-electron chi connectivity index (χ2n) is 10.6. The van der Waals surface area contributed by atoms with Crippen LogP contribution in [0.3, 0.4) is 0 Å². The van der Waals surface area contributed by atoms with Gasteiger partial charge in [-0.15, -0.1) is 0 Å². The van der Waals surface area contributed by atoms with Crippen LogP contribution in [0, 0.1) is 0 Å². The maximum absolute atomic E-state index is 13.6. The fourth-order valence-electron chi connectivity index (χ4n) is 5.85. The summed E-state index contributed by atoms with van der Waals surface area (Å²) in [5, 5.41) is 5.20. The van der Waals surface area contributed by atoms with Crippen LogP contribution in [-0.4, -0.2) is 48.4 Å². The number of amides is 3. The second-order valence-corrected chi connectivity index (χ2v) is 10.6. The maximum atomic E-state index is 13.6. The summed E-state index contributed by atoms with van der Waals surface area (Å²) in [5.74, 6) is 0.463. The van der Waals surface area contributed by atoms with Crippen molar-refractivity contribution in [2.45, 2.75) is 70.5 Å². The molecule has 0 spiro atoms. The van der Waals surface area contributed by atoms with Crippen molar-refractivity contribution in [3.05, 3.63) is 71.8 Å². The highest BCUT2D eigenvalue weighted by atomic mass is 16.5. The topological polar surface area (TPSA) is 79.0 Å². The molecule has 1 aliphatic carbocycles. The molecule has 1 aliphatic heterocycles. The Morgan fingerprint density at radius 1 is 1.05 bits per heavy atom. The molecule has 5 rings (SSSR count). The molecule has 7 heteroatoms. The van der Waals surface area contributed by atoms with Crippen LogP contribution in [0.5, 0.6) is 5.75 Å². The summed E-state index contributed by atoms with van der Waals surface area (Å²) in [6.07, 6.45) is 6.17. The third-order valence-corrected chi connectivity index (χ3v) is 8.03. The van der Waals surface area contributed by atoms with Gasteiger partial charge in [-0.2, -0.15) is 0 Å². The molecule has 3 amide bonds. The van der Waals surface area contributed by atoms with E-state index in [1.807, 2.05) is 60.7 Å². The lowest BCUT2D eigenvalue weighted by molar-refractivity contribution is -0.141. The Hall–Kier alpha value is -3.87. The van der Waals surface area contributed by atoms with E-state index in [0.29, 0.717) is 30.8 Å². The number of anilines is 1. The number of hydrogen-bond acceptors (Lipinski definition) is 4. The van der Waals surface area contributed by atoms with Crippen molar-refractivity contribution < 1.29 is 19.1 Å². The Kier molecular flexibility index (Phi) is 8.15. The lowest BCUT2D eigenvalue weighted by Crippen LogP contribution is -2.50. The predicted octanol–water partition coefficient (Wildman–Crippen LogP) is 5.46. The van der Waals surface area contributed by atoms with Gasteiger partial charge in [0.15, 0.2) is 0 Å². The molecule has 204 valence electrons. The zero-order valence-electron chi connectivity index (χ0n) is 22.8. The van der Waals surface area contributed by atoms with Crippen molar-refractivity contribution in [2.24, 2.45) is 0 Å². The Labute approximate surface area is 230 Å². The summed E-state index contributed by atoms with van der Waals surface area (Å²) in [6, 6.07) is 18.9. The second kappa shape index (κ2) is 11.9. The van der Waals surface area contributed by atoms with Crippen LogP contribution in [0.2, 0.25) is 0 Å². The van der Waals surface area contributed by atoms with Crippen molar-refractivity contribution in [2.75, 3.05) is 18.6 Å². The first-order chi connectivity index (χ1) is 19.0. The van der Waals surface area contributed by atoms with Gasteiger partial charge >= 0.3 is 0 Å². The lowest BCUT2D eigenvalue weighted by atomic mass is 9.95. The zero-order chi connectivity index (χ0) is 27.4. The van der Waals surface area contributed by atoms with Gasteiger partial charge in [-0.05, 0) is 61.4 Å². The van der Waals surface area contributed by atoms with Crippen LogP contribution in [0.1, 0.15) is 67.8 Å². The molecule has 3 aromatic carbocycles. The first-order valence-corrected chi connectivity index (χ1v) is 14.0. The first kappa shape index (κ1) is 26.7. The number of methoxy groups -OCH3 is 1. The van der Waals surface area contributed by atoms with E-state index in [4.69, 9.17) is 4.74 Å². The van der Waals surface area contributed by atoms with Gasteiger partial charge in [-0.1, -0.05) is 55.7 Å². The minimum atomic E-state index is -0.614. The summed E-state index contributed by atoms with van der Waals surface area (Å²) in [7, 11) is 1.61. The van der Waals surface area contributed by atoms with E-state index in [1.54, 1.807) is 23.8 Å². The van der Waals surface area contributed by atoms with Crippen LogP contribution in [0.25, 0.3) is 10.8 Å². The average Bonchev–Trinajstić information content (AvgIpc) is 3.24. The molecule has 3 aromatic rings. The molecule has 39 heavy (non-hydrogen) atoms. The van der Waals surface area contributed by atoms with E-state index in [-0.39, 0.29) is 30.2 Å². The van der Waals surface area contributed by atoms with Crippen LogP contribution in [0.4, 0.5) is 5.69 Å². The molecule has 1 atom stereocenters. The SMILES string of the molecule is COc1cccc(CN(C(=O)CCCN2C(=O)c3cccc4cccc2c34)[C@@H](C)C(=O)NC2CCCCC2)c1. The van der Waals surface area contributed by atoms with E-state index in [0.717, 1.165) is 47.7 Å². The quantitative estimate of drug-likeness (QED) is 0.380. The number of carbonyl (C=O) groups excluding carboxylic acids is 3. The standard InChI is InChI=1S/C32H37N3O4/c1-22(31(37)33-25-13-4-3-5-14-25)35(21-23-10-6-15-26(20-23)39-2)29(36)18-9-19-34-28-17-8-12-24-11-7-16-27(30(24)28)32(34)38/h6-8,10-12,15-17,20,22,25H,3-5,9,13-14,18-19,21H2,1-2H3,(H,33,37)/t22-/m0/s1. The summed E-state index contributed by atoms with van der Waals surface area (Å²) in [4.78, 5) is 43.4. The van der Waals surface area contributed by atoms with Crippen molar-refractivity contribution in [3.8, 4) is 5.75 Å². The first-order valence-electron chi connectivity index (χ1n) is 14.0. The highest BCUT2D eigenvalue weighted by Gasteiger charge is 2.31. The number of nitrogens with zero attached hydrogens (tertiary/aromatic N) is 2. The molecule has 0 unspecified atom stereocenters. The fraction of sp³-hybridized carbons (Fsp3) is 0.406. The molecule has 1 saturated carbocycles. The van der Waals surface area contributed by atoms with Crippen molar-refractivity contribution in [1.29, 1.82) is 0 Å². The Morgan fingerprint density at radius 2 is 1.79 bits per heavy atom. The third kappa shape index (κ3) is 5.77. The molecule has 1 heterocycles. The minimum absolute atomic E-state index is 0.0253. The monoisotopic (exact) mass is 527 g/mol. The fourth-order valence-corrected chi connectivity index (χ4v) is 5.85. The molecular formula is C32H37N3O4. The normalized spacial score (nSPS) is 15.8. The van der Waals surface area contributed by atoms with E-state index < -0.39 is 6.04 Å². The average molecular weight is 528 g/mol. The van der Waals surface area contributed by atoms with Gasteiger partial charge in [-0.25, -0.2) is 0 Å². The molecule has 0 saturated heterocycles. The largest absolute Gasteiger partial charge is 0.497 e. The molecule has 0 aromatic heterocycles. The molecular weight excluding hydrogens is 490 g/mol. The van der Waals surface area contributed by atoms with Crippen LogP contribution in [0.15, 0.2) is 60.7 Å². The van der Waals surface area contributed by atoms with E-state index in [2.05, 4.69) is 5.32 Å². The minimum Gasteiger partial charge on any atom is -0.497 e. The van der Waals surface area contributed by atoms with E-state index >= 15 is 0 Å². The highest BCUT2D eigenvalue weighted by molar-refractivity contribution is 6.25. The van der Waals surface area contributed by atoms with Gasteiger partial charge < -0.3 is 19.9 Å². The number of ether oxygens (including phenoxy) is 1. The molecule has 7 nitrogen and oxygen atoms in total. The molecule has 2 aliphatic rings. The zero-order valence-corrected chi connectivity index (χ0v) is 22.8. The van der Waals surface area contributed by atoms with Crippen molar-refractivity contribution >= 4 is 34.2 Å². The van der Waals surface area contributed by atoms with Crippen LogP contribution in [-0.2, 0) is 16.1 Å². The van der Waals surface area contributed by atoms with Crippen molar-refractivity contribution in [1.82, 2.24) is 10.2 Å². The number of benzene rings is 3. The van der Waals surface area contributed by atoms with Gasteiger partial charge in [0, 0.05) is 36.5 Å². The van der Waals surface area contributed by atoms with Gasteiger partial charge in [0.1, 0.15) is 11.8 Å². The maximum Gasteiger partial charge on any atom is 0.258 e. The van der Waals surface area contributed by atoms with Gasteiger partial charge in [0.2, 0.25) is 11.8 Å². The van der Waals surface area contributed by atoms with Gasteiger partial charge in [0.25, 0.3) is 5.91 Å². The lowest BCUT2D eigenvalue weighted by Gasteiger charge is -2.31. The Morgan fingerprint density at radius 3 is 2.56 bits per heavy atom. The Bertz CT molecular complexity index is 1360. The number of carbonyl (C=O) groups is 3. The highest BCUT2D eigenvalue weighted by Crippen LogP contribution is 2.37. The van der Waals surface area contributed by atoms with E-state index in [9.17, 15) is 14.4 Å². The molecule has 1 fully saturated rings. The summed E-state index contributed by atoms with van der Waals surface area (Å²) < 4.78 is 5.37.